The number of aliphatic hydroxyl groups is 1. The Morgan fingerprint density at radius 3 is 2.71 bits per heavy atom. The Bertz CT molecular complexity index is 551. The summed E-state index contributed by atoms with van der Waals surface area (Å²) < 4.78 is 0. The van der Waals surface area contributed by atoms with Gasteiger partial charge in [-0.25, -0.2) is 0 Å². The zero-order valence-electron chi connectivity index (χ0n) is 12.3. The van der Waals surface area contributed by atoms with Gasteiger partial charge < -0.3 is 10.4 Å². The Morgan fingerprint density at radius 2 is 1.90 bits per heavy atom. The largest absolute Gasteiger partial charge is 0.396 e. The third-order valence-electron chi connectivity index (χ3n) is 4.52. The lowest BCUT2D eigenvalue weighted by Gasteiger charge is -2.17. The maximum atomic E-state index is 9.36. The molecule has 0 radical (unpaired) electrons. The SMILES string of the molecule is OCC1CCCC1CNCc1cc(-c2ccccc2)cs1. The molecule has 1 fully saturated rings. The van der Waals surface area contributed by atoms with Crippen LogP contribution in [0.1, 0.15) is 24.1 Å². The van der Waals surface area contributed by atoms with Gasteiger partial charge in [-0.15, -0.1) is 11.3 Å². The molecular weight excluding hydrogens is 278 g/mol. The van der Waals surface area contributed by atoms with Crippen molar-refractivity contribution in [1.29, 1.82) is 0 Å². The van der Waals surface area contributed by atoms with Crippen molar-refractivity contribution in [2.75, 3.05) is 13.2 Å². The highest BCUT2D eigenvalue weighted by atomic mass is 32.1. The van der Waals surface area contributed by atoms with Gasteiger partial charge in [-0.2, -0.15) is 0 Å². The first-order valence-corrected chi connectivity index (χ1v) is 8.69. The molecule has 1 aromatic carbocycles. The summed E-state index contributed by atoms with van der Waals surface area (Å²) in [6, 6.07) is 12.8. The minimum Gasteiger partial charge on any atom is -0.396 e. The number of benzene rings is 1. The van der Waals surface area contributed by atoms with Crippen molar-refractivity contribution in [3.63, 3.8) is 0 Å². The summed E-state index contributed by atoms with van der Waals surface area (Å²) in [5, 5.41) is 15.2. The van der Waals surface area contributed by atoms with Crippen molar-refractivity contribution in [1.82, 2.24) is 5.32 Å². The van der Waals surface area contributed by atoms with Gasteiger partial charge in [0.15, 0.2) is 0 Å². The van der Waals surface area contributed by atoms with Gasteiger partial charge in [-0.05, 0) is 53.8 Å². The van der Waals surface area contributed by atoms with E-state index in [1.54, 1.807) is 0 Å². The lowest BCUT2D eigenvalue weighted by Crippen LogP contribution is -2.26. The molecule has 3 heteroatoms. The van der Waals surface area contributed by atoms with E-state index in [0.29, 0.717) is 18.4 Å². The van der Waals surface area contributed by atoms with E-state index in [2.05, 4.69) is 47.1 Å². The van der Waals surface area contributed by atoms with Crippen LogP contribution in [0.2, 0.25) is 0 Å². The Labute approximate surface area is 130 Å². The maximum Gasteiger partial charge on any atom is 0.0462 e. The normalized spacial score (nSPS) is 21.8. The minimum absolute atomic E-state index is 0.351. The summed E-state index contributed by atoms with van der Waals surface area (Å²) in [6.45, 7) is 2.32. The number of aliphatic hydroxyl groups excluding tert-OH is 1. The molecule has 2 unspecified atom stereocenters. The molecule has 112 valence electrons. The van der Waals surface area contributed by atoms with Crippen LogP contribution in [0.15, 0.2) is 41.8 Å². The average molecular weight is 301 g/mol. The van der Waals surface area contributed by atoms with Gasteiger partial charge in [0.1, 0.15) is 0 Å². The molecule has 1 heterocycles. The van der Waals surface area contributed by atoms with Crippen LogP contribution >= 0.6 is 11.3 Å². The van der Waals surface area contributed by atoms with E-state index in [4.69, 9.17) is 0 Å². The molecule has 0 spiro atoms. The molecular formula is C18H23NOS. The number of thiophene rings is 1. The third-order valence-corrected chi connectivity index (χ3v) is 5.45. The average Bonchev–Trinajstić information content (AvgIpc) is 3.17. The highest BCUT2D eigenvalue weighted by Crippen LogP contribution is 2.31. The van der Waals surface area contributed by atoms with E-state index >= 15 is 0 Å². The topological polar surface area (TPSA) is 32.3 Å². The van der Waals surface area contributed by atoms with Crippen molar-refractivity contribution in [3.05, 3.63) is 46.7 Å². The van der Waals surface area contributed by atoms with Crippen LogP contribution in [0.5, 0.6) is 0 Å². The molecule has 0 saturated heterocycles. The first-order chi connectivity index (χ1) is 10.4. The first kappa shape index (κ1) is 14.8. The molecule has 1 aliphatic carbocycles. The lowest BCUT2D eigenvalue weighted by atomic mass is 9.97. The monoisotopic (exact) mass is 301 g/mol. The standard InChI is InChI=1S/C18H23NOS/c20-12-16-8-4-7-15(16)10-19-11-18-9-17(13-21-18)14-5-2-1-3-6-14/h1-3,5-6,9,13,15-16,19-20H,4,7-8,10-12H2. The molecule has 1 saturated carbocycles. The van der Waals surface area contributed by atoms with Gasteiger partial charge in [-0.1, -0.05) is 36.8 Å². The molecule has 0 aliphatic heterocycles. The van der Waals surface area contributed by atoms with Crippen LogP contribution < -0.4 is 5.32 Å². The summed E-state index contributed by atoms with van der Waals surface area (Å²) in [5.41, 5.74) is 2.60. The molecule has 21 heavy (non-hydrogen) atoms. The Morgan fingerprint density at radius 1 is 1.10 bits per heavy atom. The molecule has 2 aromatic rings. The third kappa shape index (κ3) is 3.73. The van der Waals surface area contributed by atoms with E-state index in [1.165, 1.54) is 35.3 Å². The molecule has 2 atom stereocenters. The zero-order valence-corrected chi connectivity index (χ0v) is 13.1. The van der Waals surface area contributed by atoms with E-state index in [9.17, 15) is 5.11 Å². The molecule has 2 nitrogen and oxygen atoms in total. The quantitative estimate of drug-likeness (QED) is 0.848. The van der Waals surface area contributed by atoms with Crippen molar-refractivity contribution in [2.45, 2.75) is 25.8 Å². The van der Waals surface area contributed by atoms with Crippen molar-refractivity contribution >= 4 is 11.3 Å². The molecule has 3 rings (SSSR count). The molecule has 1 aliphatic rings. The summed E-state index contributed by atoms with van der Waals surface area (Å²) in [4.78, 5) is 1.38. The second kappa shape index (κ2) is 7.21. The second-order valence-electron chi connectivity index (χ2n) is 5.93. The first-order valence-electron chi connectivity index (χ1n) is 7.81. The maximum absolute atomic E-state index is 9.36. The fourth-order valence-corrected chi connectivity index (χ4v) is 4.12. The van der Waals surface area contributed by atoms with Gasteiger partial charge in [0.05, 0.1) is 0 Å². The summed E-state index contributed by atoms with van der Waals surface area (Å²) in [6.07, 6.45) is 3.73. The zero-order chi connectivity index (χ0) is 14.5. The van der Waals surface area contributed by atoms with Crippen molar-refractivity contribution in [2.24, 2.45) is 11.8 Å². The lowest BCUT2D eigenvalue weighted by molar-refractivity contribution is 0.192. The number of rotatable bonds is 6. The predicted octanol–water partition coefficient (Wildman–Crippen LogP) is 3.91. The van der Waals surface area contributed by atoms with E-state index < -0.39 is 0 Å². The van der Waals surface area contributed by atoms with Crippen LogP contribution in [0.4, 0.5) is 0 Å². The molecule has 2 N–H and O–H groups in total. The minimum atomic E-state index is 0.351. The van der Waals surface area contributed by atoms with Crippen LogP contribution in [-0.2, 0) is 6.54 Å². The number of hydrogen-bond acceptors (Lipinski definition) is 3. The summed E-state index contributed by atoms with van der Waals surface area (Å²) in [7, 11) is 0. The van der Waals surface area contributed by atoms with E-state index in [-0.39, 0.29) is 0 Å². The van der Waals surface area contributed by atoms with Crippen molar-refractivity contribution < 1.29 is 5.11 Å². The van der Waals surface area contributed by atoms with Gasteiger partial charge in [0.25, 0.3) is 0 Å². The second-order valence-corrected chi connectivity index (χ2v) is 6.93. The smallest absolute Gasteiger partial charge is 0.0462 e. The van der Waals surface area contributed by atoms with Crippen LogP contribution in [0, 0.1) is 11.8 Å². The highest BCUT2D eigenvalue weighted by Gasteiger charge is 2.25. The predicted molar refractivity (Wildman–Crippen MR) is 89.4 cm³/mol. The molecule has 0 bridgehead atoms. The molecule has 1 aromatic heterocycles. The fourth-order valence-electron chi connectivity index (χ4n) is 3.26. The van der Waals surface area contributed by atoms with Gasteiger partial charge >= 0.3 is 0 Å². The Balaban J connectivity index is 1.51. The van der Waals surface area contributed by atoms with E-state index in [1.807, 2.05) is 11.3 Å². The summed E-state index contributed by atoms with van der Waals surface area (Å²) in [5.74, 6) is 1.17. The highest BCUT2D eigenvalue weighted by molar-refractivity contribution is 7.10. The van der Waals surface area contributed by atoms with Crippen LogP contribution in [-0.4, -0.2) is 18.3 Å². The summed E-state index contributed by atoms with van der Waals surface area (Å²) >= 11 is 1.82. The van der Waals surface area contributed by atoms with Gasteiger partial charge in [0, 0.05) is 18.0 Å². The number of nitrogens with one attached hydrogen (secondary N) is 1. The van der Waals surface area contributed by atoms with Crippen LogP contribution in [0.25, 0.3) is 11.1 Å². The van der Waals surface area contributed by atoms with Crippen LogP contribution in [0.3, 0.4) is 0 Å². The molecule has 0 amide bonds. The van der Waals surface area contributed by atoms with Crippen molar-refractivity contribution in [3.8, 4) is 11.1 Å². The van der Waals surface area contributed by atoms with Gasteiger partial charge in [0.2, 0.25) is 0 Å². The number of hydrogen-bond donors (Lipinski definition) is 2. The Kier molecular flexibility index (Phi) is 5.07. The van der Waals surface area contributed by atoms with Gasteiger partial charge in [-0.3, -0.25) is 0 Å². The van der Waals surface area contributed by atoms with E-state index in [0.717, 1.165) is 13.1 Å². The Hall–Kier alpha value is -1.16. The fraction of sp³-hybridized carbons (Fsp3) is 0.444.